The van der Waals surface area contributed by atoms with E-state index in [1.807, 2.05) is 0 Å². The molecule has 9 heteroatoms. The first-order valence-electron chi connectivity index (χ1n) is 9.32. The number of hydrogen-bond donors (Lipinski definition) is 3. The molecule has 0 bridgehead atoms. The van der Waals surface area contributed by atoms with Gasteiger partial charge in [0, 0.05) is 29.7 Å². The average Bonchev–Trinajstić information content (AvgIpc) is 3.02. The van der Waals surface area contributed by atoms with Crippen LogP contribution in [0.1, 0.15) is 31.2 Å². The van der Waals surface area contributed by atoms with E-state index < -0.39 is 15.6 Å². The second-order valence-corrected chi connectivity index (χ2v) is 10.5. The standard InChI is InChI=1S/C18H22ClN3O4S/c19-10-5-15(14-9-20-21-16(14)6-10)18(23)7-12-13(8-18)17(12)22-27(24,25)11-1-3-26-4-2-11/h5-6,9,11-13,17,22-23H,1-4,7-8H2,(H,20,21)/t12-,13+,17?,18?. The molecule has 0 spiro atoms. The van der Waals surface area contributed by atoms with Crippen molar-refractivity contribution in [2.24, 2.45) is 11.8 Å². The number of nitrogens with zero attached hydrogens (tertiary/aromatic N) is 1. The Hall–Kier alpha value is -1.19. The Morgan fingerprint density at radius 2 is 1.96 bits per heavy atom. The van der Waals surface area contributed by atoms with Crippen LogP contribution in [0.25, 0.3) is 10.9 Å². The number of aliphatic hydroxyl groups is 1. The molecular weight excluding hydrogens is 390 g/mol. The Labute approximate surface area is 162 Å². The second-order valence-electron chi connectivity index (χ2n) is 8.05. The fourth-order valence-corrected chi connectivity index (χ4v) is 6.89. The molecule has 2 saturated carbocycles. The highest BCUT2D eigenvalue weighted by Crippen LogP contribution is 2.60. The molecule has 146 valence electrons. The second kappa shape index (κ2) is 6.15. The van der Waals surface area contributed by atoms with Gasteiger partial charge in [0.2, 0.25) is 10.0 Å². The summed E-state index contributed by atoms with van der Waals surface area (Å²) in [6.07, 6.45) is 3.84. The molecule has 3 fully saturated rings. The molecule has 2 heterocycles. The normalized spacial score (nSPS) is 34.1. The zero-order chi connectivity index (χ0) is 18.8. The van der Waals surface area contributed by atoms with E-state index in [-0.39, 0.29) is 23.1 Å². The third kappa shape index (κ3) is 2.98. The highest BCUT2D eigenvalue weighted by molar-refractivity contribution is 7.90. The molecule has 1 aromatic heterocycles. The van der Waals surface area contributed by atoms with Crippen LogP contribution in [0, 0.1) is 11.8 Å². The quantitative estimate of drug-likeness (QED) is 0.712. The van der Waals surface area contributed by atoms with E-state index in [0.29, 0.717) is 43.9 Å². The van der Waals surface area contributed by atoms with Crippen LogP contribution in [-0.2, 0) is 20.4 Å². The molecular formula is C18H22ClN3O4S. The lowest BCUT2D eigenvalue weighted by Crippen LogP contribution is -2.41. The molecule has 27 heavy (non-hydrogen) atoms. The third-order valence-corrected chi connectivity index (χ3v) is 8.58. The van der Waals surface area contributed by atoms with Gasteiger partial charge in [0.05, 0.1) is 22.6 Å². The summed E-state index contributed by atoms with van der Waals surface area (Å²) >= 11 is 6.21. The summed E-state index contributed by atoms with van der Waals surface area (Å²) in [6.45, 7) is 0.997. The van der Waals surface area contributed by atoms with E-state index in [2.05, 4.69) is 14.9 Å². The van der Waals surface area contributed by atoms with Crippen LogP contribution in [0.3, 0.4) is 0 Å². The number of aromatic nitrogens is 2. The van der Waals surface area contributed by atoms with Gasteiger partial charge >= 0.3 is 0 Å². The van der Waals surface area contributed by atoms with Gasteiger partial charge in [0.25, 0.3) is 0 Å². The van der Waals surface area contributed by atoms with E-state index in [4.69, 9.17) is 16.3 Å². The molecule has 1 aliphatic heterocycles. The van der Waals surface area contributed by atoms with E-state index in [1.165, 1.54) is 0 Å². The first-order valence-corrected chi connectivity index (χ1v) is 11.2. The van der Waals surface area contributed by atoms with Crippen LogP contribution in [0.5, 0.6) is 0 Å². The summed E-state index contributed by atoms with van der Waals surface area (Å²) in [5, 5.41) is 19.3. The molecule has 2 unspecified atom stereocenters. The molecule has 1 saturated heterocycles. The van der Waals surface area contributed by atoms with Gasteiger partial charge in [0.1, 0.15) is 0 Å². The minimum absolute atomic E-state index is 0.0721. The topological polar surface area (TPSA) is 104 Å². The molecule has 7 nitrogen and oxygen atoms in total. The number of hydrogen-bond acceptors (Lipinski definition) is 5. The zero-order valence-corrected chi connectivity index (χ0v) is 16.3. The van der Waals surface area contributed by atoms with Crippen LogP contribution in [0.4, 0.5) is 0 Å². The van der Waals surface area contributed by atoms with Crippen LogP contribution >= 0.6 is 11.6 Å². The van der Waals surface area contributed by atoms with Crippen molar-refractivity contribution in [1.29, 1.82) is 0 Å². The summed E-state index contributed by atoms with van der Waals surface area (Å²) < 4.78 is 33.4. The summed E-state index contributed by atoms with van der Waals surface area (Å²) in [4.78, 5) is 0. The maximum atomic E-state index is 12.6. The van der Waals surface area contributed by atoms with E-state index in [1.54, 1.807) is 18.3 Å². The monoisotopic (exact) mass is 411 g/mol. The lowest BCUT2D eigenvalue weighted by Gasteiger charge is -2.28. The van der Waals surface area contributed by atoms with Crippen molar-refractivity contribution in [2.75, 3.05) is 13.2 Å². The van der Waals surface area contributed by atoms with Gasteiger partial charge in [-0.15, -0.1) is 0 Å². The Morgan fingerprint density at radius 3 is 2.67 bits per heavy atom. The number of fused-ring (bicyclic) bond motifs is 2. The Balaban J connectivity index is 1.32. The van der Waals surface area contributed by atoms with Gasteiger partial charge in [-0.05, 0) is 55.2 Å². The minimum atomic E-state index is -3.34. The SMILES string of the molecule is O=S(=O)(NC1[C@H]2CC(O)(c3cc(Cl)cc4[nH]ncc34)C[C@@H]12)C1CCOCC1. The zero-order valence-electron chi connectivity index (χ0n) is 14.7. The summed E-state index contributed by atoms with van der Waals surface area (Å²) in [6, 6.07) is 3.51. The van der Waals surface area contributed by atoms with E-state index >= 15 is 0 Å². The van der Waals surface area contributed by atoms with Crippen molar-refractivity contribution in [3.8, 4) is 0 Å². The van der Waals surface area contributed by atoms with Gasteiger partial charge in [-0.3, -0.25) is 5.10 Å². The highest BCUT2D eigenvalue weighted by atomic mass is 35.5. The van der Waals surface area contributed by atoms with E-state index in [0.717, 1.165) is 16.5 Å². The number of halogens is 1. The molecule has 5 rings (SSSR count). The predicted molar refractivity (Wildman–Crippen MR) is 101 cm³/mol. The maximum Gasteiger partial charge on any atom is 0.214 e. The van der Waals surface area contributed by atoms with Crippen molar-refractivity contribution in [3.05, 3.63) is 28.9 Å². The molecule has 1 aromatic carbocycles. The van der Waals surface area contributed by atoms with Crippen LogP contribution in [0.15, 0.2) is 18.3 Å². The van der Waals surface area contributed by atoms with Gasteiger partial charge in [0.15, 0.2) is 0 Å². The van der Waals surface area contributed by atoms with E-state index in [9.17, 15) is 13.5 Å². The predicted octanol–water partition coefficient (Wildman–Crippen LogP) is 1.91. The number of benzene rings is 1. The summed E-state index contributed by atoms with van der Waals surface area (Å²) in [5.74, 6) is 0.316. The number of nitrogens with one attached hydrogen (secondary N) is 2. The van der Waals surface area contributed by atoms with Crippen molar-refractivity contribution < 1.29 is 18.3 Å². The smallest absolute Gasteiger partial charge is 0.214 e. The third-order valence-electron chi connectivity index (χ3n) is 6.41. The van der Waals surface area contributed by atoms with Crippen LogP contribution in [0.2, 0.25) is 5.02 Å². The number of H-pyrrole nitrogens is 1. The number of aromatic amines is 1. The Kier molecular flexibility index (Phi) is 4.07. The highest BCUT2D eigenvalue weighted by Gasteiger charge is 2.63. The number of ether oxygens (including phenoxy) is 1. The molecule has 3 N–H and O–H groups in total. The average molecular weight is 412 g/mol. The van der Waals surface area contributed by atoms with Gasteiger partial charge < -0.3 is 9.84 Å². The molecule has 2 aromatic rings. The van der Waals surface area contributed by atoms with Gasteiger partial charge in [-0.1, -0.05) is 11.6 Å². The first kappa shape index (κ1) is 17.9. The lowest BCUT2D eigenvalue weighted by atomic mass is 9.86. The molecule has 0 amide bonds. The van der Waals surface area contributed by atoms with Crippen molar-refractivity contribution in [3.63, 3.8) is 0 Å². The van der Waals surface area contributed by atoms with Crippen LogP contribution < -0.4 is 4.72 Å². The summed E-state index contributed by atoms with van der Waals surface area (Å²) in [7, 11) is -3.34. The largest absolute Gasteiger partial charge is 0.385 e. The van der Waals surface area contributed by atoms with Crippen molar-refractivity contribution in [2.45, 2.75) is 42.6 Å². The van der Waals surface area contributed by atoms with Crippen molar-refractivity contribution >= 4 is 32.5 Å². The number of sulfonamides is 1. The molecule has 0 radical (unpaired) electrons. The minimum Gasteiger partial charge on any atom is -0.385 e. The molecule has 4 atom stereocenters. The Morgan fingerprint density at radius 1 is 1.26 bits per heavy atom. The fraction of sp³-hybridized carbons (Fsp3) is 0.611. The lowest BCUT2D eigenvalue weighted by molar-refractivity contribution is 0.0303. The first-order chi connectivity index (χ1) is 12.9. The molecule has 3 aliphatic rings. The van der Waals surface area contributed by atoms with Gasteiger partial charge in [-0.25, -0.2) is 13.1 Å². The Bertz CT molecular complexity index is 974. The van der Waals surface area contributed by atoms with Gasteiger partial charge in [-0.2, -0.15) is 5.10 Å². The number of rotatable bonds is 4. The molecule has 2 aliphatic carbocycles. The maximum absolute atomic E-state index is 12.6. The van der Waals surface area contributed by atoms with Crippen molar-refractivity contribution in [1.82, 2.24) is 14.9 Å². The summed E-state index contributed by atoms with van der Waals surface area (Å²) in [5.41, 5.74) is 0.573. The van der Waals surface area contributed by atoms with Crippen LogP contribution in [-0.4, -0.2) is 48.2 Å². The fourth-order valence-electron chi connectivity index (χ4n) is 4.93.